The van der Waals surface area contributed by atoms with Crippen molar-refractivity contribution in [2.45, 2.75) is 51.1 Å². The van der Waals surface area contributed by atoms with Gasteiger partial charge < -0.3 is 50.4 Å². The Bertz CT molecular complexity index is 448. The summed E-state index contributed by atoms with van der Waals surface area (Å²) in [6, 6.07) is 0. The van der Waals surface area contributed by atoms with E-state index in [0.717, 1.165) is 6.92 Å². The minimum atomic E-state index is -1.93. The van der Waals surface area contributed by atoms with Crippen LogP contribution in [0.5, 0.6) is 0 Å². The summed E-state index contributed by atoms with van der Waals surface area (Å²) >= 11 is 0. The number of carbonyl (C=O) groups excluding carboxylic acids is 2. The molecule has 0 saturated heterocycles. The van der Waals surface area contributed by atoms with Crippen LogP contribution in [0.3, 0.4) is 0 Å². The molecular weight excluding hydrogens is 404 g/mol. The van der Waals surface area contributed by atoms with Crippen LogP contribution in [0.4, 0.5) is 0 Å². The van der Waals surface area contributed by atoms with Crippen molar-refractivity contribution in [3.63, 3.8) is 0 Å². The molecule has 0 aliphatic carbocycles. The molecule has 0 rings (SSSR count). The molecule has 4 atom stereocenters. The number of hydrogen-bond donors (Lipinski definition) is 8. The molecule has 0 bridgehead atoms. The summed E-state index contributed by atoms with van der Waals surface area (Å²) in [7, 11) is 0. The standard InChI is InChI=1S/C10H16O9.C2H4O2.C2H6O.CH2O2/c11-3-5(12)9(17)10(18)6(13)4-19-8(16)2-1-7(14)15;1-2(3)4;1-2-3;2-1-3/h3,5-6,9-10,12-13,17-18H,1-2,4H2,(H,14,15);1H3,(H,3,4);3H,2H2,1H3;1H,(H,2,3)/t5-,6+,9+,10+;;;/m0.../s1. The second-order valence-electron chi connectivity index (χ2n) is 4.69. The zero-order chi connectivity index (χ0) is 24.0. The normalized spacial score (nSPS) is 13.1. The van der Waals surface area contributed by atoms with Crippen LogP contribution < -0.4 is 0 Å². The highest BCUT2D eigenvalue weighted by Crippen LogP contribution is 2.05. The first-order valence-electron chi connectivity index (χ1n) is 7.79. The van der Waals surface area contributed by atoms with Crippen LogP contribution in [0.1, 0.15) is 26.7 Å². The van der Waals surface area contributed by atoms with Crippen molar-refractivity contribution < 1.29 is 69.6 Å². The van der Waals surface area contributed by atoms with E-state index in [4.69, 9.17) is 35.1 Å². The fraction of sp³-hybridized carbons (Fsp3) is 0.667. The minimum absolute atomic E-state index is 0.0283. The Morgan fingerprint density at radius 1 is 0.966 bits per heavy atom. The Kier molecular flexibility index (Phi) is 27.3. The number of aliphatic hydroxyl groups excluding tert-OH is 5. The molecule has 0 radical (unpaired) electrons. The molecule has 0 aliphatic rings. The Morgan fingerprint density at radius 3 is 1.66 bits per heavy atom. The molecule has 8 N–H and O–H groups in total. The largest absolute Gasteiger partial charge is 0.483 e. The number of hydrogen-bond acceptors (Lipinski definition) is 11. The zero-order valence-electron chi connectivity index (χ0n) is 15.8. The van der Waals surface area contributed by atoms with Gasteiger partial charge in [-0.3, -0.25) is 19.2 Å². The first-order valence-corrected chi connectivity index (χ1v) is 7.79. The number of carbonyl (C=O) groups is 5. The maximum absolute atomic E-state index is 11.0. The lowest BCUT2D eigenvalue weighted by atomic mass is 10.0. The van der Waals surface area contributed by atoms with Crippen LogP contribution in [-0.4, -0.2) is 109 Å². The highest BCUT2D eigenvalue weighted by atomic mass is 16.5. The van der Waals surface area contributed by atoms with Gasteiger partial charge in [0.15, 0.2) is 6.29 Å². The molecule has 0 aromatic heterocycles. The maximum Gasteiger partial charge on any atom is 0.306 e. The highest BCUT2D eigenvalue weighted by Gasteiger charge is 2.30. The van der Waals surface area contributed by atoms with Gasteiger partial charge in [-0.25, -0.2) is 0 Å². The molecule has 14 nitrogen and oxygen atoms in total. The number of carboxylic acid groups (broad SMARTS) is 3. The molecule has 0 unspecified atom stereocenters. The van der Waals surface area contributed by atoms with Gasteiger partial charge in [0, 0.05) is 13.5 Å². The Morgan fingerprint density at radius 2 is 1.34 bits per heavy atom. The maximum atomic E-state index is 11.0. The van der Waals surface area contributed by atoms with Crippen LogP contribution in [0, 0.1) is 0 Å². The van der Waals surface area contributed by atoms with E-state index in [1.165, 1.54) is 0 Å². The topological polar surface area (TPSA) is 256 Å². The first kappa shape index (κ1) is 33.9. The third kappa shape index (κ3) is 30.3. The van der Waals surface area contributed by atoms with Crippen molar-refractivity contribution in [2.24, 2.45) is 0 Å². The van der Waals surface area contributed by atoms with Gasteiger partial charge in [-0.15, -0.1) is 0 Å². The number of aldehydes is 1. The number of ether oxygens (including phenoxy) is 1. The predicted molar refractivity (Wildman–Crippen MR) is 92.7 cm³/mol. The Hall–Kier alpha value is -2.65. The number of carboxylic acids is 2. The Labute approximate surface area is 165 Å². The summed E-state index contributed by atoms with van der Waals surface area (Å²) in [5, 5.41) is 66.9. The van der Waals surface area contributed by atoms with Gasteiger partial charge in [0.1, 0.15) is 31.0 Å². The van der Waals surface area contributed by atoms with Gasteiger partial charge in [0.2, 0.25) is 0 Å². The number of rotatable bonds is 9. The molecule has 0 spiro atoms. The second kappa shape index (κ2) is 23.4. The SMILES string of the molecule is CC(=O)O.CCO.O=CO.O=C[C@H](O)[C@@H](O)[C@H](O)[C@H](O)COC(=O)CCC(=O)O. The van der Waals surface area contributed by atoms with Crippen LogP contribution in [0.15, 0.2) is 0 Å². The molecule has 29 heavy (non-hydrogen) atoms. The summed E-state index contributed by atoms with van der Waals surface area (Å²) in [6.45, 7) is 2.06. The highest BCUT2D eigenvalue weighted by molar-refractivity contribution is 5.76. The van der Waals surface area contributed by atoms with Crippen molar-refractivity contribution in [1.82, 2.24) is 0 Å². The number of aliphatic carboxylic acids is 2. The lowest BCUT2D eigenvalue weighted by molar-refractivity contribution is -0.157. The molecule has 0 saturated carbocycles. The predicted octanol–water partition coefficient (Wildman–Crippen LogP) is -3.17. The van der Waals surface area contributed by atoms with E-state index >= 15 is 0 Å². The summed E-state index contributed by atoms with van der Waals surface area (Å²) in [6.07, 6.45) is -8.30. The fourth-order valence-electron chi connectivity index (χ4n) is 1.07. The molecule has 172 valence electrons. The van der Waals surface area contributed by atoms with E-state index in [2.05, 4.69) is 4.74 Å². The molecule has 14 heteroatoms. The van der Waals surface area contributed by atoms with Gasteiger partial charge in [-0.2, -0.15) is 0 Å². The van der Waals surface area contributed by atoms with Crippen LogP contribution in [0.25, 0.3) is 0 Å². The summed E-state index contributed by atoms with van der Waals surface area (Å²) in [4.78, 5) is 48.7. The van der Waals surface area contributed by atoms with E-state index in [0.29, 0.717) is 0 Å². The molecular formula is C15H28O14. The van der Waals surface area contributed by atoms with Crippen molar-refractivity contribution >= 4 is 30.7 Å². The molecule has 0 fully saturated rings. The monoisotopic (exact) mass is 432 g/mol. The molecule has 0 aliphatic heterocycles. The molecule has 0 aromatic rings. The van der Waals surface area contributed by atoms with E-state index < -0.39 is 61.8 Å². The van der Waals surface area contributed by atoms with Gasteiger partial charge in [-0.05, 0) is 6.92 Å². The van der Waals surface area contributed by atoms with Gasteiger partial charge in [-0.1, -0.05) is 0 Å². The third-order valence-corrected chi connectivity index (χ3v) is 2.19. The van der Waals surface area contributed by atoms with Crippen molar-refractivity contribution in [1.29, 1.82) is 0 Å². The smallest absolute Gasteiger partial charge is 0.306 e. The Balaban J connectivity index is -0.000000259. The van der Waals surface area contributed by atoms with Gasteiger partial charge in [0.25, 0.3) is 12.4 Å². The number of aliphatic hydroxyl groups is 5. The summed E-state index contributed by atoms with van der Waals surface area (Å²) in [5.41, 5.74) is 0. The van der Waals surface area contributed by atoms with Crippen molar-refractivity contribution in [3.8, 4) is 0 Å². The minimum Gasteiger partial charge on any atom is -0.483 e. The van der Waals surface area contributed by atoms with Crippen LogP contribution in [-0.2, 0) is 28.7 Å². The van der Waals surface area contributed by atoms with E-state index in [1.54, 1.807) is 6.92 Å². The number of esters is 1. The van der Waals surface area contributed by atoms with Crippen LogP contribution >= 0.6 is 0 Å². The fourth-order valence-corrected chi connectivity index (χ4v) is 1.07. The average Bonchev–Trinajstić information content (AvgIpc) is 2.63. The average molecular weight is 432 g/mol. The van der Waals surface area contributed by atoms with Crippen molar-refractivity contribution in [3.05, 3.63) is 0 Å². The van der Waals surface area contributed by atoms with Gasteiger partial charge >= 0.3 is 11.9 Å². The van der Waals surface area contributed by atoms with Crippen molar-refractivity contribution in [2.75, 3.05) is 13.2 Å². The lowest BCUT2D eigenvalue weighted by Gasteiger charge is -2.23. The summed E-state index contributed by atoms with van der Waals surface area (Å²) < 4.78 is 4.45. The molecule has 0 aromatic carbocycles. The van der Waals surface area contributed by atoms with Gasteiger partial charge in [0.05, 0.1) is 12.8 Å². The summed E-state index contributed by atoms with van der Waals surface area (Å²) in [5.74, 6) is -2.93. The second-order valence-corrected chi connectivity index (χ2v) is 4.69. The third-order valence-electron chi connectivity index (χ3n) is 2.19. The molecule has 0 amide bonds. The van der Waals surface area contributed by atoms with Crippen LogP contribution in [0.2, 0.25) is 0 Å². The first-order chi connectivity index (χ1) is 13.4. The van der Waals surface area contributed by atoms with E-state index in [9.17, 15) is 29.7 Å². The zero-order valence-corrected chi connectivity index (χ0v) is 15.8. The molecule has 0 heterocycles. The lowest BCUT2D eigenvalue weighted by Crippen LogP contribution is -2.46. The quantitative estimate of drug-likeness (QED) is 0.132. The van der Waals surface area contributed by atoms with E-state index in [1.807, 2.05) is 0 Å². The van der Waals surface area contributed by atoms with E-state index in [-0.39, 0.29) is 19.4 Å².